The lowest BCUT2D eigenvalue weighted by Gasteiger charge is -2.29. The molecule has 1 atom stereocenters. The summed E-state index contributed by atoms with van der Waals surface area (Å²) in [4.78, 5) is 4.20. The summed E-state index contributed by atoms with van der Waals surface area (Å²) < 4.78 is 1.61. The number of anilines is 1. The normalized spacial score (nSPS) is 22.1. The van der Waals surface area contributed by atoms with Gasteiger partial charge in [0.15, 0.2) is 0 Å². The molecule has 7 heteroatoms. The van der Waals surface area contributed by atoms with Crippen molar-refractivity contribution in [3.8, 4) is 0 Å². The summed E-state index contributed by atoms with van der Waals surface area (Å²) in [6, 6.07) is 10.4. The Morgan fingerprint density at radius 2 is 2.09 bits per heavy atom. The third kappa shape index (κ3) is 3.26. The molecule has 2 aromatic rings. The molecule has 3 rings (SSSR count). The number of aryl methyl sites for hydroxylation is 1. The second-order valence-electron chi connectivity index (χ2n) is 6.13. The molecular weight excluding hydrogens is 280 g/mol. The van der Waals surface area contributed by atoms with E-state index < -0.39 is 5.60 Å². The molecule has 1 saturated heterocycles. The van der Waals surface area contributed by atoms with Crippen molar-refractivity contribution >= 4 is 5.95 Å². The monoisotopic (exact) mass is 302 g/mol. The predicted molar refractivity (Wildman–Crippen MR) is 83.4 cm³/mol. The van der Waals surface area contributed by atoms with Crippen molar-refractivity contribution in [3.63, 3.8) is 0 Å². The van der Waals surface area contributed by atoms with Gasteiger partial charge in [-0.1, -0.05) is 35.4 Å². The minimum absolute atomic E-state index is 0.520. The van der Waals surface area contributed by atoms with Gasteiger partial charge in [-0.25, -0.2) is 4.68 Å². The second kappa shape index (κ2) is 6.02. The van der Waals surface area contributed by atoms with E-state index in [-0.39, 0.29) is 0 Å². The van der Waals surface area contributed by atoms with Crippen LogP contribution in [0.25, 0.3) is 0 Å². The van der Waals surface area contributed by atoms with Crippen LogP contribution in [0.3, 0.4) is 0 Å². The minimum Gasteiger partial charge on any atom is -0.387 e. The van der Waals surface area contributed by atoms with E-state index in [1.807, 2.05) is 30.1 Å². The first-order valence-corrected chi connectivity index (χ1v) is 7.48. The van der Waals surface area contributed by atoms with Gasteiger partial charge in [-0.15, -0.1) is 0 Å². The molecule has 0 bridgehead atoms. The molecule has 22 heavy (non-hydrogen) atoms. The molecule has 1 aliphatic heterocycles. The lowest BCUT2D eigenvalue weighted by molar-refractivity contribution is 0.0558. The van der Waals surface area contributed by atoms with E-state index in [1.54, 1.807) is 11.7 Å². The number of rotatable bonds is 5. The average molecular weight is 302 g/mol. The Bertz CT molecular complexity index is 616. The Kier molecular flexibility index (Phi) is 4.08. The molecule has 0 amide bonds. The number of likely N-dealkylation sites (tertiary alicyclic amines) is 1. The summed E-state index contributed by atoms with van der Waals surface area (Å²) >= 11 is 0. The van der Waals surface area contributed by atoms with Gasteiger partial charge < -0.3 is 10.0 Å². The maximum atomic E-state index is 10.8. The number of hydrogen-bond donors (Lipinski definition) is 1. The van der Waals surface area contributed by atoms with Gasteiger partial charge in [0.05, 0.1) is 12.1 Å². The largest absolute Gasteiger partial charge is 0.387 e. The highest BCUT2D eigenvalue weighted by molar-refractivity contribution is 5.27. The highest BCUT2D eigenvalue weighted by Gasteiger charge is 2.37. The molecule has 0 radical (unpaired) electrons. The summed E-state index contributed by atoms with van der Waals surface area (Å²) in [6.07, 6.45) is 0.759. The van der Waals surface area contributed by atoms with Crippen molar-refractivity contribution in [2.24, 2.45) is 7.05 Å². The fourth-order valence-electron chi connectivity index (χ4n) is 3.11. The number of benzene rings is 1. The van der Waals surface area contributed by atoms with E-state index in [0.717, 1.165) is 19.5 Å². The molecule has 1 N–H and O–H groups in total. The number of tetrazole rings is 1. The Morgan fingerprint density at radius 1 is 1.32 bits per heavy atom. The van der Waals surface area contributed by atoms with Gasteiger partial charge in [-0.3, -0.25) is 4.90 Å². The summed E-state index contributed by atoms with van der Waals surface area (Å²) in [6.45, 7) is 2.96. The SMILES string of the molecule is CN(CC1(O)CCN(Cc2ccccc2)C1)c1nnnn1C. The van der Waals surface area contributed by atoms with Gasteiger partial charge in [-0.05, 0) is 22.4 Å². The van der Waals surface area contributed by atoms with Crippen molar-refractivity contribution in [2.45, 2.75) is 18.6 Å². The van der Waals surface area contributed by atoms with Crippen LogP contribution in [0, 0.1) is 0 Å². The standard InChI is InChI=1S/C15H22N6O/c1-19(14-16-17-18-20(14)2)11-15(22)8-9-21(12-15)10-13-6-4-3-5-7-13/h3-7,22H,8-12H2,1-2H3. The smallest absolute Gasteiger partial charge is 0.245 e. The number of likely N-dealkylation sites (N-methyl/N-ethyl adjacent to an activating group) is 1. The maximum Gasteiger partial charge on any atom is 0.245 e. The quantitative estimate of drug-likeness (QED) is 0.856. The molecule has 2 heterocycles. The Balaban J connectivity index is 1.59. The molecule has 0 aliphatic carbocycles. The molecule has 1 aromatic carbocycles. The van der Waals surface area contributed by atoms with Crippen LogP contribution in [0.15, 0.2) is 30.3 Å². The van der Waals surface area contributed by atoms with Crippen molar-refractivity contribution in [1.29, 1.82) is 0 Å². The number of aliphatic hydroxyl groups is 1. The van der Waals surface area contributed by atoms with E-state index in [4.69, 9.17) is 0 Å². The zero-order chi connectivity index (χ0) is 15.6. The van der Waals surface area contributed by atoms with Gasteiger partial charge in [0, 0.05) is 33.7 Å². The first-order chi connectivity index (χ1) is 10.6. The van der Waals surface area contributed by atoms with Gasteiger partial charge >= 0.3 is 0 Å². The Hall–Kier alpha value is -1.99. The van der Waals surface area contributed by atoms with Crippen LogP contribution >= 0.6 is 0 Å². The van der Waals surface area contributed by atoms with Crippen molar-refractivity contribution in [1.82, 2.24) is 25.1 Å². The summed E-state index contributed by atoms with van der Waals surface area (Å²) in [5, 5.41) is 22.3. The van der Waals surface area contributed by atoms with E-state index >= 15 is 0 Å². The zero-order valence-corrected chi connectivity index (χ0v) is 13.1. The van der Waals surface area contributed by atoms with Crippen LogP contribution in [-0.2, 0) is 13.6 Å². The van der Waals surface area contributed by atoms with Gasteiger partial charge in [0.1, 0.15) is 0 Å². The van der Waals surface area contributed by atoms with Gasteiger partial charge in [-0.2, -0.15) is 0 Å². The fourth-order valence-corrected chi connectivity index (χ4v) is 3.11. The first kappa shape index (κ1) is 14.9. The van der Waals surface area contributed by atoms with Crippen LogP contribution in [-0.4, -0.2) is 62.5 Å². The van der Waals surface area contributed by atoms with Crippen molar-refractivity contribution in [2.75, 3.05) is 31.6 Å². The molecular formula is C15H22N6O. The lowest BCUT2D eigenvalue weighted by atomic mass is 10.0. The number of aromatic nitrogens is 4. The van der Waals surface area contributed by atoms with Crippen LogP contribution in [0.2, 0.25) is 0 Å². The van der Waals surface area contributed by atoms with Crippen LogP contribution < -0.4 is 4.90 Å². The van der Waals surface area contributed by atoms with E-state index in [1.165, 1.54) is 5.56 Å². The summed E-state index contributed by atoms with van der Waals surface area (Å²) in [5.41, 5.74) is 0.549. The van der Waals surface area contributed by atoms with Gasteiger partial charge in [0.2, 0.25) is 5.95 Å². The van der Waals surface area contributed by atoms with Crippen LogP contribution in [0.4, 0.5) is 5.95 Å². The van der Waals surface area contributed by atoms with E-state index in [0.29, 0.717) is 19.0 Å². The van der Waals surface area contributed by atoms with E-state index in [2.05, 4.69) is 32.6 Å². The number of nitrogens with zero attached hydrogens (tertiary/aromatic N) is 6. The van der Waals surface area contributed by atoms with E-state index in [9.17, 15) is 5.11 Å². The van der Waals surface area contributed by atoms with Gasteiger partial charge in [0.25, 0.3) is 0 Å². The predicted octanol–water partition coefficient (Wildman–Crippen LogP) is 0.283. The molecule has 7 nitrogen and oxygen atoms in total. The molecule has 1 aromatic heterocycles. The first-order valence-electron chi connectivity index (χ1n) is 7.48. The maximum absolute atomic E-state index is 10.8. The fraction of sp³-hybridized carbons (Fsp3) is 0.533. The molecule has 1 fully saturated rings. The van der Waals surface area contributed by atoms with Crippen LogP contribution in [0.1, 0.15) is 12.0 Å². The van der Waals surface area contributed by atoms with Crippen molar-refractivity contribution < 1.29 is 5.11 Å². The Morgan fingerprint density at radius 3 is 2.77 bits per heavy atom. The van der Waals surface area contributed by atoms with Crippen LogP contribution in [0.5, 0.6) is 0 Å². The third-order valence-electron chi connectivity index (χ3n) is 4.13. The second-order valence-corrected chi connectivity index (χ2v) is 6.13. The molecule has 1 aliphatic rings. The lowest BCUT2D eigenvalue weighted by Crippen LogP contribution is -2.44. The Labute approximate surface area is 130 Å². The topological polar surface area (TPSA) is 70.3 Å². The molecule has 0 saturated carbocycles. The molecule has 1 unspecified atom stereocenters. The van der Waals surface area contributed by atoms with Crippen molar-refractivity contribution in [3.05, 3.63) is 35.9 Å². The number of hydrogen-bond acceptors (Lipinski definition) is 6. The summed E-state index contributed by atoms with van der Waals surface area (Å²) in [5.74, 6) is 0.662. The third-order valence-corrected chi connectivity index (χ3v) is 4.13. The molecule has 118 valence electrons. The minimum atomic E-state index is -0.727. The average Bonchev–Trinajstić information content (AvgIpc) is 3.06. The highest BCUT2D eigenvalue weighted by Crippen LogP contribution is 2.24. The zero-order valence-electron chi connectivity index (χ0n) is 13.1. The summed E-state index contributed by atoms with van der Waals surface area (Å²) in [7, 11) is 3.70. The molecule has 0 spiro atoms. The number of β-amino-alcohol motifs (C(OH)–C–C–N with tert-alkyl or cyclic N) is 1. The highest BCUT2D eigenvalue weighted by atomic mass is 16.3.